The average Bonchev–Trinajstić information content (AvgIpc) is 3.06. The molecule has 0 bridgehead atoms. The summed E-state index contributed by atoms with van der Waals surface area (Å²) in [6.07, 6.45) is 1.62. The van der Waals surface area contributed by atoms with Crippen molar-refractivity contribution in [2.75, 3.05) is 44.5 Å². The Kier molecular flexibility index (Phi) is 7.76. The van der Waals surface area contributed by atoms with Crippen molar-refractivity contribution < 1.29 is 14.3 Å². The zero-order valence-corrected chi connectivity index (χ0v) is 18.0. The summed E-state index contributed by atoms with van der Waals surface area (Å²) in [5, 5.41) is 8.65. The molecule has 9 heteroatoms. The summed E-state index contributed by atoms with van der Waals surface area (Å²) in [5.41, 5.74) is 8.85. The van der Waals surface area contributed by atoms with Crippen molar-refractivity contribution in [1.82, 2.24) is 14.9 Å². The predicted octanol–water partition coefficient (Wildman–Crippen LogP) is 1.91. The molecule has 31 heavy (non-hydrogen) atoms. The summed E-state index contributed by atoms with van der Waals surface area (Å²) in [6.45, 7) is 2.80. The minimum absolute atomic E-state index is 0.0636. The fraction of sp³-hybridized carbons (Fsp3) is 0.455. The lowest BCUT2D eigenvalue weighted by molar-refractivity contribution is -0.117. The van der Waals surface area contributed by atoms with Crippen LogP contribution in [-0.4, -0.2) is 54.7 Å². The summed E-state index contributed by atoms with van der Waals surface area (Å²) in [6, 6.07) is 10.5. The van der Waals surface area contributed by atoms with E-state index in [0.29, 0.717) is 37.6 Å². The molecule has 1 aromatic heterocycles. The molecule has 1 aliphatic heterocycles. The van der Waals surface area contributed by atoms with Crippen molar-refractivity contribution in [1.29, 1.82) is 5.26 Å². The van der Waals surface area contributed by atoms with E-state index in [2.05, 4.69) is 33.1 Å². The molecule has 0 unspecified atom stereocenters. The number of benzene rings is 1. The number of rotatable bonds is 11. The topological polar surface area (TPSA) is 118 Å². The summed E-state index contributed by atoms with van der Waals surface area (Å²) in [7, 11) is 3.63. The molecule has 3 rings (SSSR count). The normalized spacial score (nSPS) is 12.8. The zero-order chi connectivity index (χ0) is 22.2. The van der Waals surface area contributed by atoms with Crippen LogP contribution in [0.2, 0.25) is 0 Å². The molecule has 1 amide bonds. The van der Waals surface area contributed by atoms with Crippen LogP contribution < -0.4 is 15.4 Å². The van der Waals surface area contributed by atoms with E-state index in [1.165, 1.54) is 5.56 Å². The standard InChI is InChI=1S/C22H28N6O3/c1-27(10-4-3-9-23)14-16-5-7-17(8-6-16)15-28-19(29)13-18-20(24)25-22(26-21(18)28)31-12-11-30-2/h5-8H,3-4,10-15H2,1-2H3,(H2,24,25,26). The van der Waals surface area contributed by atoms with Gasteiger partial charge in [0, 0.05) is 25.6 Å². The Bertz CT molecular complexity index is 941. The second kappa shape index (κ2) is 10.7. The van der Waals surface area contributed by atoms with Crippen molar-refractivity contribution in [3.63, 3.8) is 0 Å². The minimum Gasteiger partial charge on any atom is -0.461 e. The van der Waals surface area contributed by atoms with Crippen LogP contribution in [0.25, 0.3) is 0 Å². The molecule has 2 heterocycles. The molecule has 1 aromatic carbocycles. The van der Waals surface area contributed by atoms with Crippen LogP contribution in [0.4, 0.5) is 11.6 Å². The van der Waals surface area contributed by atoms with Gasteiger partial charge in [-0.2, -0.15) is 15.2 Å². The molecule has 0 atom stereocenters. The highest BCUT2D eigenvalue weighted by Gasteiger charge is 2.32. The maximum absolute atomic E-state index is 12.6. The van der Waals surface area contributed by atoms with Gasteiger partial charge < -0.3 is 20.1 Å². The van der Waals surface area contributed by atoms with E-state index in [9.17, 15) is 4.79 Å². The number of amides is 1. The van der Waals surface area contributed by atoms with E-state index >= 15 is 0 Å². The highest BCUT2D eigenvalue weighted by Crippen LogP contribution is 2.33. The summed E-state index contributed by atoms with van der Waals surface area (Å²) >= 11 is 0. The molecule has 9 nitrogen and oxygen atoms in total. The van der Waals surface area contributed by atoms with E-state index in [-0.39, 0.29) is 24.2 Å². The number of carbonyl (C=O) groups excluding carboxylic acids is 1. The van der Waals surface area contributed by atoms with Crippen LogP contribution in [0.5, 0.6) is 6.01 Å². The van der Waals surface area contributed by atoms with E-state index < -0.39 is 0 Å². The fourth-order valence-electron chi connectivity index (χ4n) is 3.42. The maximum Gasteiger partial charge on any atom is 0.320 e. The number of fused-ring (bicyclic) bond motifs is 1. The van der Waals surface area contributed by atoms with Crippen LogP contribution in [-0.2, 0) is 29.0 Å². The summed E-state index contributed by atoms with van der Waals surface area (Å²) in [4.78, 5) is 25.0. The number of carbonyl (C=O) groups is 1. The third kappa shape index (κ3) is 5.90. The Hall–Kier alpha value is -3.22. The third-order valence-electron chi connectivity index (χ3n) is 5.04. The molecule has 0 fully saturated rings. The van der Waals surface area contributed by atoms with Gasteiger partial charge in [0.25, 0.3) is 0 Å². The number of aromatic nitrogens is 2. The molecule has 1 aliphatic rings. The van der Waals surface area contributed by atoms with Gasteiger partial charge in [-0.1, -0.05) is 24.3 Å². The highest BCUT2D eigenvalue weighted by atomic mass is 16.5. The zero-order valence-electron chi connectivity index (χ0n) is 18.0. The van der Waals surface area contributed by atoms with Crippen LogP contribution in [0.3, 0.4) is 0 Å². The summed E-state index contributed by atoms with van der Waals surface area (Å²) in [5.74, 6) is 0.709. The highest BCUT2D eigenvalue weighted by molar-refractivity contribution is 6.01. The van der Waals surface area contributed by atoms with Gasteiger partial charge in [-0.15, -0.1) is 0 Å². The van der Waals surface area contributed by atoms with Gasteiger partial charge >= 0.3 is 6.01 Å². The van der Waals surface area contributed by atoms with E-state index in [0.717, 1.165) is 25.1 Å². The Morgan fingerprint density at radius 2 is 1.97 bits per heavy atom. The predicted molar refractivity (Wildman–Crippen MR) is 116 cm³/mol. The van der Waals surface area contributed by atoms with Gasteiger partial charge in [0.15, 0.2) is 0 Å². The number of ether oxygens (including phenoxy) is 2. The number of hydrogen-bond acceptors (Lipinski definition) is 8. The van der Waals surface area contributed by atoms with Crippen molar-refractivity contribution in [2.24, 2.45) is 0 Å². The lowest BCUT2D eigenvalue weighted by atomic mass is 10.1. The smallest absolute Gasteiger partial charge is 0.320 e. The molecule has 0 saturated heterocycles. The van der Waals surface area contributed by atoms with Crippen molar-refractivity contribution >= 4 is 17.5 Å². The fourth-order valence-corrected chi connectivity index (χ4v) is 3.42. The van der Waals surface area contributed by atoms with Crippen molar-refractivity contribution in [3.8, 4) is 12.1 Å². The molecule has 164 valence electrons. The molecule has 2 N–H and O–H groups in total. The van der Waals surface area contributed by atoms with Crippen molar-refractivity contribution in [3.05, 3.63) is 41.0 Å². The molecular formula is C22H28N6O3. The Morgan fingerprint density at radius 1 is 1.23 bits per heavy atom. The van der Waals surface area contributed by atoms with E-state index in [1.807, 2.05) is 19.2 Å². The van der Waals surface area contributed by atoms with Crippen LogP contribution in [0.15, 0.2) is 24.3 Å². The lowest BCUT2D eigenvalue weighted by Gasteiger charge is -2.18. The molecule has 0 radical (unpaired) electrons. The lowest BCUT2D eigenvalue weighted by Crippen LogP contribution is -2.26. The van der Waals surface area contributed by atoms with Crippen LogP contribution in [0, 0.1) is 11.3 Å². The number of nitriles is 1. The van der Waals surface area contributed by atoms with Crippen LogP contribution >= 0.6 is 0 Å². The average molecular weight is 425 g/mol. The van der Waals surface area contributed by atoms with Gasteiger partial charge in [0.1, 0.15) is 18.2 Å². The number of hydrogen-bond donors (Lipinski definition) is 1. The number of nitrogens with zero attached hydrogens (tertiary/aromatic N) is 5. The first-order chi connectivity index (χ1) is 15.0. The van der Waals surface area contributed by atoms with E-state index in [1.54, 1.807) is 12.0 Å². The second-order valence-electron chi connectivity index (χ2n) is 7.51. The first-order valence-corrected chi connectivity index (χ1v) is 10.2. The number of nitrogen functional groups attached to an aromatic ring is 1. The summed E-state index contributed by atoms with van der Waals surface area (Å²) < 4.78 is 10.5. The molecule has 2 aromatic rings. The van der Waals surface area contributed by atoms with Crippen molar-refractivity contribution in [2.45, 2.75) is 32.4 Å². The first-order valence-electron chi connectivity index (χ1n) is 10.2. The number of nitrogens with two attached hydrogens (primary N) is 1. The minimum atomic E-state index is -0.0636. The van der Waals surface area contributed by atoms with Gasteiger partial charge in [0.05, 0.1) is 25.6 Å². The monoisotopic (exact) mass is 424 g/mol. The Labute approximate surface area is 182 Å². The molecule has 0 aliphatic carbocycles. The molecular weight excluding hydrogens is 396 g/mol. The van der Waals surface area contributed by atoms with Gasteiger partial charge in [-0.25, -0.2) is 0 Å². The Morgan fingerprint density at radius 3 is 2.68 bits per heavy atom. The third-order valence-corrected chi connectivity index (χ3v) is 5.04. The Balaban J connectivity index is 1.66. The van der Waals surface area contributed by atoms with Crippen LogP contribution in [0.1, 0.15) is 29.5 Å². The number of methoxy groups -OCH3 is 1. The van der Waals surface area contributed by atoms with Gasteiger partial charge in [-0.3, -0.25) is 9.69 Å². The molecule has 0 saturated carbocycles. The first kappa shape index (κ1) is 22.5. The molecule has 0 spiro atoms. The maximum atomic E-state index is 12.6. The van der Waals surface area contributed by atoms with E-state index in [4.69, 9.17) is 20.5 Å². The SMILES string of the molecule is COCCOc1nc(N)c2c(n1)N(Cc1ccc(CN(C)CCCC#N)cc1)C(=O)C2. The van der Waals surface area contributed by atoms with Gasteiger partial charge in [0.2, 0.25) is 5.91 Å². The second-order valence-corrected chi connectivity index (χ2v) is 7.51. The number of anilines is 2. The quantitative estimate of drug-likeness (QED) is 0.544. The van der Waals surface area contributed by atoms with Gasteiger partial charge in [-0.05, 0) is 31.1 Å². The number of unbranched alkanes of at least 4 members (excludes halogenated alkanes) is 1. The largest absolute Gasteiger partial charge is 0.461 e.